The van der Waals surface area contributed by atoms with Crippen molar-refractivity contribution in [3.8, 4) is 17.6 Å². The second-order valence-corrected chi connectivity index (χ2v) is 6.65. The molecule has 124 valence electrons. The van der Waals surface area contributed by atoms with Gasteiger partial charge < -0.3 is 4.74 Å². The van der Waals surface area contributed by atoms with E-state index in [2.05, 4.69) is 21.8 Å². The van der Waals surface area contributed by atoms with Crippen molar-refractivity contribution >= 4 is 16.9 Å². The minimum absolute atomic E-state index is 0.277. The van der Waals surface area contributed by atoms with Crippen molar-refractivity contribution in [2.45, 2.75) is 20.8 Å². The summed E-state index contributed by atoms with van der Waals surface area (Å²) < 4.78 is 5.54. The zero-order valence-corrected chi connectivity index (χ0v) is 14.4. The first-order valence-corrected chi connectivity index (χ1v) is 7.97. The number of esters is 1. The van der Waals surface area contributed by atoms with E-state index in [0.29, 0.717) is 11.4 Å². The van der Waals surface area contributed by atoms with Crippen LogP contribution in [-0.4, -0.2) is 15.9 Å². The SMILES string of the molecule is CC(C)(C)C(=O)Oc1cccc2nc(C#Cc3cccnc3)ccc12. The molecule has 2 heterocycles. The van der Waals surface area contributed by atoms with Gasteiger partial charge in [-0.25, -0.2) is 4.98 Å². The number of pyridine rings is 2. The maximum absolute atomic E-state index is 12.1. The van der Waals surface area contributed by atoms with Gasteiger partial charge in [0.1, 0.15) is 11.4 Å². The van der Waals surface area contributed by atoms with Crippen LogP contribution in [0.5, 0.6) is 5.75 Å². The fraction of sp³-hybridized carbons (Fsp3) is 0.190. The highest BCUT2D eigenvalue weighted by Gasteiger charge is 2.24. The van der Waals surface area contributed by atoms with Crippen LogP contribution in [0.15, 0.2) is 54.9 Å². The van der Waals surface area contributed by atoms with Crippen LogP contribution in [0.1, 0.15) is 32.0 Å². The lowest BCUT2D eigenvalue weighted by Crippen LogP contribution is -2.25. The fourth-order valence-corrected chi connectivity index (χ4v) is 2.11. The van der Waals surface area contributed by atoms with Gasteiger partial charge in [0.25, 0.3) is 0 Å². The van der Waals surface area contributed by atoms with Crippen LogP contribution in [0, 0.1) is 17.3 Å². The number of rotatable bonds is 1. The molecule has 2 aromatic heterocycles. The molecular formula is C21H18N2O2. The van der Waals surface area contributed by atoms with E-state index in [1.807, 2.05) is 57.2 Å². The summed E-state index contributed by atoms with van der Waals surface area (Å²) in [5, 5.41) is 0.784. The molecule has 3 aromatic rings. The molecule has 0 spiro atoms. The predicted octanol–water partition coefficient (Wildman–Crippen LogP) is 3.98. The lowest BCUT2D eigenvalue weighted by molar-refractivity contribution is -0.142. The van der Waals surface area contributed by atoms with Crippen molar-refractivity contribution < 1.29 is 9.53 Å². The molecule has 0 aliphatic rings. The number of ether oxygens (including phenoxy) is 1. The standard InChI is InChI=1S/C21H18N2O2/c1-21(2,3)20(24)25-19-8-4-7-18-17(19)12-11-16(23-18)10-9-15-6-5-13-22-14-15/h4-8,11-14H,1-3H3. The molecule has 0 unspecified atom stereocenters. The summed E-state index contributed by atoms with van der Waals surface area (Å²) >= 11 is 0. The van der Waals surface area contributed by atoms with E-state index in [0.717, 1.165) is 16.5 Å². The van der Waals surface area contributed by atoms with Crippen LogP contribution >= 0.6 is 0 Å². The van der Waals surface area contributed by atoms with E-state index in [1.54, 1.807) is 18.5 Å². The highest BCUT2D eigenvalue weighted by atomic mass is 16.5. The Morgan fingerprint density at radius 3 is 2.60 bits per heavy atom. The minimum Gasteiger partial charge on any atom is -0.425 e. The maximum Gasteiger partial charge on any atom is 0.316 e. The van der Waals surface area contributed by atoms with Crippen LogP contribution < -0.4 is 4.74 Å². The van der Waals surface area contributed by atoms with Gasteiger partial charge in [0.2, 0.25) is 0 Å². The van der Waals surface area contributed by atoms with Gasteiger partial charge in [-0.05, 0) is 63.1 Å². The summed E-state index contributed by atoms with van der Waals surface area (Å²) in [5.74, 6) is 6.29. The highest BCUT2D eigenvalue weighted by molar-refractivity contribution is 5.89. The summed E-state index contributed by atoms with van der Waals surface area (Å²) in [5.41, 5.74) is 1.65. The first-order valence-electron chi connectivity index (χ1n) is 7.97. The molecule has 4 nitrogen and oxygen atoms in total. The summed E-state index contributed by atoms with van der Waals surface area (Å²) in [6, 6.07) is 12.9. The number of carbonyl (C=O) groups is 1. The quantitative estimate of drug-likeness (QED) is 0.385. The smallest absolute Gasteiger partial charge is 0.316 e. The minimum atomic E-state index is -0.565. The lowest BCUT2D eigenvalue weighted by Gasteiger charge is -2.17. The zero-order valence-electron chi connectivity index (χ0n) is 14.4. The van der Waals surface area contributed by atoms with Crippen LogP contribution in [0.4, 0.5) is 0 Å². The first-order chi connectivity index (χ1) is 11.9. The molecule has 4 heteroatoms. The van der Waals surface area contributed by atoms with E-state index in [4.69, 9.17) is 4.74 Å². The normalized spacial score (nSPS) is 10.8. The molecule has 1 aromatic carbocycles. The van der Waals surface area contributed by atoms with Crippen molar-refractivity contribution in [2.24, 2.45) is 5.41 Å². The molecular weight excluding hydrogens is 312 g/mol. The van der Waals surface area contributed by atoms with Crippen LogP contribution in [0.2, 0.25) is 0 Å². The van der Waals surface area contributed by atoms with Gasteiger partial charge in [0.05, 0.1) is 10.9 Å². The van der Waals surface area contributed by atoms with Crippen LogP contribution in [0.3, 0.4) is 0 Å². The Balaban J connectivity index is 1.92. The highest BCUT2D eigenvalue weighted by Crippen LogP contribution is 2.27. The Morgan fingerprint density at radius 1 is 1.04 bits per heavy atom. The fourth-order valence-electron chi connectivity index (χ4n) is 2.11. The molecule has 0 aliphatic carbocycles. The summed E-state index contributed by atoms with van der Waals surface area (Å²) in [4.78, 5) is 20.7. The van der Waals surface area contributed by atoms with Crippen molar-refractivity contribution in [3.63, 3.8) is 0 Å². The molecule has 0 N–H and O–H groups in total. The van der Waals surface area contributed by atoms with Crippen molar-refractivity contribution in [1.29, 1.82) is 0 Å². The third kappa shape index (κ3) is 4.02. The van der Waals surface area contributed by atoms with Crippen molar-refractivity contribution in [1.82, 2.24) is 9.97 Å². The molecule has 0 atom stereocenters. The molecule has 0 saturated heterocycles. The summed E-state index contributed by atoms with van der Waals surface area (Å²) in [6.07, 6.45) is 3.41. The number of hydrogen-bond acceptors (Lipinski definition) is 4. The predicted molar refractivity (Wildman–Crippen MR) is 97.1 cm³/mol. The van der Waals surface area contributed by atoms with Gasteiger partial charge in [-0.1, -0.05) is 12.0 Å². The van der Waals surface area contributed by atoms with E-state index in [-0.39, 0.29) is 5.97 Å². The Labute approximate surface area is 146 Å². The van der Waals surface area contributed by atoms with E-state index >= 15 is 0 Å². The van der Waals surface area contributed by atoms with Gasteiger partial charge in [-0.2, -0.15) is 0 Å². The van der Waals surface area contributed by atoms with E-state index in [9.17, 15) is 4.79 Å². The summed E-state index contributed by atoms with van der Waals surface area (Å²) in [7, 11) is 0. The Morgan fingerprint density at radius 2 is 1.88 bits per heavy atom. The zero-order chi connectivity index (χ0) is 17.9. The number of aromatic nitrogens is 2. The average Bonchev–Trinajstić information content (AvgIpc) is 2.60. The van der Waals surface area contributed by atoms with Gasteiger partial charge in [0.15, 0.2) is 0 Å². The Bertz CT molecular complexity index is 977. The number of nitrogens with zero attached hydrogens (tertiary/aromatic N) is 2. The lowest BCUT2D eigenvalue weighted by atomic mass is 9.97. The second kappa shape index (κ2) is 6.74. The molecule has 0 radical (unpaired) electrons. The van der Waals surface area contributed by atoms with E-state index in [1.165, 1.54) is 0 Å². The maximum atomic E-state index is 12.1. The number of fused-ring (bicyclic) bond motifs is 1. The van der Waals surface area contributed by atoms with Gasteiger partial charge in [-0.3, -0.25) is 9.78 Å². The average molecular weight is 330 g/mol. The number of hydrogen-bond donors (Lipinski definition) is 0. The molecule has 25 heavy (non-hydrogen) atoms. The molecule has 0 fully saturated rings. The van der Waals surface area contributed by atoms with Gasteiger partial charge >= 0.3 is 5.97 Å². The second-order valence-electron chi connectivity index (χ2n) is 6.65. The molecule has 3 rings (SSSR count). The first kappa shape index (κ1) is 16.7. The van der Waals surface area contributed by atoms with Crippen LogP contribution in [-0.2, 0) is 4.79 Å². The molecule has 0 aliphatic heterocycles. The van der Waals surface area contributed by atoms with Crippen molar-refractivity contribution in [3.05, 3.63) is 66.1 Å². The van der Waals surface area contributed by atoms with Crippen LogP contribution in [0.25, 0.3) is 10.9 Å². The van der Waals surface area contributed by atoms with Crippen molar-refractivity contribution in [2.75, 3.05) is 0 Å². The Hall–Kier alpha value is -3.19. The van der Waals surface area contributed by atoms with Gasteiger partial charge in [-0.15, -0.1) is 0 Å². The van der Waals surface area contributed by atoms with Gasteiger partial charge in [0, 0.05) is 23.3 Å². The number of carbonyl (C=O) groups excluding carboxylic acids is 1. The monoisotopic (exact) mass is 330 g/mol. The Kier molecular flexibility index (Phi) is 4.49. The van der Waals surface area contributed by atoms with E-state index < -0.39 is 5.41 Å². The molecule has 0 bridgehead atoms. The largest absolute Gasteiger partial charge is 0.425 e. The third-order valence-corrected chi connectivity index (χ3v) is 3.50. The molecule has 0 saturated carbocycles. The number of benzene rings is 1. The summed E-state index contributed by atoms with van der Waals surface area (Å²) in [6.45, 7) is 5.47. The third-order valence-electron chi connectivity index (χ3n) is 3.50. The molecule has 0 amide bonds. The topological polar surface area (TPSA) is 52.1 Å².